The van der Waals surface area contributed by atoms with Crippen LogP contribution in [0.25, 0.3) is 0 Å². The van der Waals surface area contributed by atoms with Crippen LogP contribution in [0, 0.1) is 5.92 Å². The Morgan fingerprint density at radius 1 is 1.22 bits per heavy atom. The predicted molar refractivity (Wildman–Crippen MR) is 109 cm³/mol. The molecule has 1 unspecified atom stereocenters. The highest BCUT2D eigenvalue weighted by Gasteiger charge is 2.46. The van der Waals surface area contributed by atoms with Crippen molar-refractivity contribution in [3.63, 3.8) is 0 Å². The van der Waals surface area contributed by atoms with Crippen LogP contribution < -0.4 is 10.3 Å². The monoisotopic (exact) mass is 360 g/mol. The highest BCUT2D eigenvalue weighted by Crippen LogP contribution is 2.51. The molecule has 0 radical (unpaired) electrons. The van der Waals surface area contributed by atoms with E-state index in [0.29, 0.717) is 0 Å². The molecule has 1 aromatic heterocycles. The van der Waals surface area contributed by atoms with E-state index in [0.717, 1.165) is 35.4 Å². The number of nitrogens with one attached hydrogen (secondary N) is 1. The standard InChI is InChI=1S/C23H24N2O2/c1-4-19-17-11-15(2)13-23(19,20-9-10-22(26)25-21(20)12-17)24-14-16-5-7-18(27-3)8-6-16/h4-11,14,17H,12-13H2,1-3H3,(H,25,26)/b19-4+,24-14?/t17?,23-/m0/s1. The molecule has 2 aromatic rings. The van der Waals surface area contributed by atoms with E-state index in [1.54, 1.807) is 13.2 Å². The third-order valence-corrected chi connectivity index (χ3v) is 5.63. The van der Waals surface area contributed by atoms with Crippen LogP contribution in [0.2, 0.25) is 0 Å². The maximum absolute atomic E-state index is 11.9. The van der Waals surface area contributed by atoms with E-state index in [1.807, 2.05) is 36.5 Å². The number of fused-ring (bicyclic) bond motifs is 4. The second-order valence-electron chi connectivity index (χ2n) is 7.35. The summed E-state index contributed by atoms with van der Waals surface area (Å²) in [4.78, 5) is 20.1. The summed E-state index contributed by atoms with van der Waals surface area (Å²) in [6, 6.07) is 11.5. The van der Waals surface area contributed by atoms with Crippen LogP contribution in [-0.4, -0.2) is 18.3 Å². The van der Waals surface area contributed by atoms with Crippen LogP contribution in [0.1, 0.15) is 37.1 Å². The molecule has 4 nitrogen and oxygen atoms in total. The summed E-state index contributed by atoms with van der Waals surface area (Å²) in [5, 5.41) is 0. The summed E-state index contributed by atoms with van der Waals surface area (Å²) in [5.41, 5.74) is 5.31. The van der Waals surface area contributed by atoms with Gasteiger partial charge in [-0.3, -0.25) is 9.79 Å². The van der Waals surface area contributed by atoms with Gasteiger partial charge in [0, 0.05) is 35.9 Å². The summed E-state index contributed by atoms with van der Waals surface area (Å²) < 4.78 is 5.24. The van der Waals surface area contributed by atoms with Crippen LogP contribution in [0.4, 0.5) is 0 Å². The van der Waals surface area contributed by atoms with Crippen LogP contribution in [0.5, 0.6) is 5.75 Å². The van der Waals surface area contributed by atoms with E-state index >= 15 is 0 Å². The highest BCUT2D eigenvalue weighted by molar-refractivity contribution is 5.81. The number of hydrogen-bond donors (Lipinski definition) is 1. The van der Waals surface area contributed by atoms with E-state index in [2.05, 4.69) is 31.0 Å². The Morgan fingerprint density at radius 3 is 2.70 bits per heavy atom. The number of ether oxygens (including phenoxy) is 1. The first-order chi connectivity index (χ1) is 13.1. The lowest BCUT2D eigenvalue weighted by Gasteiger charge is -2.45. The summed E-state index contributed by atoms with van der Waals surface area (Å²) in [6.07, 6.45) is 8.12. The van der Waals surface area contributed by atoms with E-state index in [9.17, 15) is 4.79 Å². The molecule has 4 heteroatoms. The number of aliphatic imine (C=N–C) groups is 1. The molecule has 138 valence electrons. The Bertz CT molecular complexity index is 1010. The Hall–Kier alpha value is -2.88. The Labute approximate surface area is 159 Å². The van der Waals surface area contributed by atoms with E-state index in [4.69, 9.17) is 9.73 Å². The summed E-state index contributed by atoms with van der Waals surface area (Å²) in [6.45, 7) is 4.26. The summed E-state index contributed by atoms with van der Waals surface area (Å²) in [7, 11) is 1.66. The molecule has 2 aliphatic rings. The first-order valence-electron chi connectivity index (χ1n) is 9.31. The van der Waals surface area contributed by atoms with E-state index in [1.165, 1.54) is 11.1 Å². The largest absolute Gasteiger partial charge is 0.497 e. The van der Waals surface area contributed by atoms with Crippen molar-refractivity contribution in [2.24, 2.45) is 10.9 Å². The van der Waals surface area contributed by atoms with Crippen molar-refractivity contribution in [1.29, 1.82) is 0 Å². The van der Waals surface area contributed by atoms with Gasteiger partial charge in [-0.2, -0.15) is 0 Å². The average molecular weight is 360 g/mol. The normalized spacial score (nSPS) is 25.4. The Kier molecular flexibility index (Phi) is 4.34. The molecule has 2 bridgehead atoms. The lowest BCUT2D eigenvalue weighted by molar-refractivity contribution is 0.413. The number of aromatic amines is 1. The first-order valence-corrected chi connectivity index (χ1v) is 9.31. The number of hydrogen-bond acceptors (Lipinski definition) is 3. The molecule has 1 N–H and O–H groups in total. The van der Waals surface area contributed by atoms with Crippen molar-refractivity contribution in [2.75, 3.05) is 7.11 Å². The van der Waals surface area contributed by atoms with Gasteiger partial charge in [0.25, 0.3) is 0 Å². The van der Waals surface area contributed by atoms with Crippen LogP contribution in [0.3, 0.4) is 0 Å². The van der Waals surface area contributed by atoms with Gasteiger partial charge in [-0.05, 0) is 61.7 Å². The summed E-state index contributed by atoms with van der Waals surface area (Å²) >= 11 is 0. The van der Waals surface area contributed by atoms with Gasteiger partial charge in [-0.25, -0.2) is 0 Å². The molecule has 27 heavy (non-hydrogen) atoms. The average Bonchev–Trinajstić information content (AvgIpc) is 2.66. The minimum Gasteiger partial charge on any atom is -0.497 e. The molecule has 0 saturated carbocycles. The SMILES string of the molecule is C/C=C1\C2C=C(C)C[C@@]1(N=Cc1ccc(OC)cc1)c1ccc(=O)[nH]c1C2. The molecular weight excluding hydrogens is 336 g/mol. The van der Waals surface area contributed by atoms with Gasteiger partial charge in [-0.15, -0.1) is 0 Å². The van der Waals surface area contributed by atoms with Crippen molar-refractivity contribution >= 4 is 6.21 Å². The van der Waals surface area contributed by atoms with Crippen molar-refractivity contribution in [1.82, 2.24) is 4.98 Å². The molecule has 2 atom stereocenters. The van der Waals surface area contributed by atoms with Gasteiger partial charge in [-0.1, -0.05) is 17.7 Å². The lowest BCUT2D eigenvalue weighted by atomic mass is 9.63. The quantitative estimate of drug-likeness (QED) is 0.660. The van der Waals surface area contributed by atoms with Crippen molar-refractivity contribution < 1.29 is 4.74 Å². The Morgan fingerprint density at radius 2 is 2.00 bits per heavy atom. The number of rotatable bonds is 3. The highest BCUT2D eigenvalue weighted by atomic mass is 16.5. The predicted octanol–water partition coefficient (Wildman–Crippen LogP) is 4.17. The fourth-order valence-corrected chi connectivity index (χ4v) is 4.53. The molecule has 0 fully saturated rings. The fraction of sp³-hybridized carbons (Fsp3) is 0.304. The molecule has 0 saturated heterocycles. The first kappa shape index (κ1) is 17.5. The van der Waals surface area contributed by atoms with Crippen molar-refractivity contribution in [2.45, 2.75) is 32.2 Å². The third-order valence-electron chi connectivity index (χ3n) is 5.63. The van der Waals surface area contributed by atoms with Crippen LogP contribution in [-0.2, 0) is 12.0 Å². The van der Waals surface area contributed by atoms with Crippen LogP contribution in [0.15, 0.2) is 69.5 Å². The maximum atomic E-state index is 11.9. The molecule has 0 spiro atoms. The number of H-pyrrole nitrogens is 1. The number of allylic oxidation sites excluding steroid dienone is 2. The molecular formula is C23H24N2O2. The molecule has 0 amide bonds. The maximum Gasteiger partial charge on any atom is 0.248 e. The van der Waals surface area contributed by atoms with E-state index in [-0.39, 0.29) is 11.5 Å². The smallest absolute Gasteiger partial charge is 0.248 e. The number of aromatic nitrogens is 1. The van der Waals surface area contributed by atoms with Gasteiger partial charge < -0.3 is 9.72 Å². The number of nitrogens with zero attached hydrogens (tertiary/aromatic N) is 1. The van der Waals surface area contributed by atoms with E-state index < -0.39 is 5.54 Å². The zero-order valence-corrected chi connectivity index (χ0v) is 16.0. The number of methoxy groups -OCH3 is 1. The molecule has 1 aromatic carbocycles. The van der Waals surface area contributed by atoms with Gasteiger partial charge in [0.15, 0.2) is 0 Å². The minimum absolute atomic E-state index is 0.0502. The third kappa shape index (κ3) is 2.95. The number of benzene rings is 1. The molecule has 0 aliphatic heterocycles. The van der Waals surface area contributed by atoms with Gasteiger partial charge in [0.2, 0.25) is 5.56 Å². The van der Waals surface area contributed by atoms with Crippen molar-refractivity contribution in [3.8, 4) is 5.75 Å². The number of pyridine rings is 1. The molecule has 2 aliphatic carbocycles. The van der Waals surface area contributed by atoms with Gasteiger partial charge in [0.05, 0.1) is 7.11 Å². The molecule has 4 rings (SSSR count). The zero-order chi connectivity index (χ0) is 19.0. The lowest BCUT2D eigenvalue weighted by Crippen LogP contribution is -2.40. The summed E-state index contributed by atoms with van der Waals surface area (Å²) in [5.74, 6) is 1.11. The topological polar surface area (TPSA) is 54.4 Å². The van der Waals surface area contributed by atoms with Crippen LogP contribution >= 0.6 is 0 Å². The fourth-order valence-electron chi connectivity index (χ4n) is 4.53. The van der Waals surface area contributed by atoms with Gasteiger partial charge >= 0.3 is 0 Å². The second kappa shape index (κ2) is 6.69. The van der Waals surface area contributed by atoms with Crippen molar-refractivity contribution in [3.05, 3.63) is 86.9 Å². The van der Waals surface area contributed by atoms with Gasteiger partial charge in [0.1, 0.15) is 11.3 Å². The minimum atomic E-state index is -0.448. The zero-order valence-electron chi connectivity index (χ0n) is 16.0. The second-order valence-corrected chi connectivity index (χ2v) is 7.35. The Balaban J connectivity index is 1.86. The molecule has 1 heterocycles.